The molecule has 0 aromatic carbocycles. The standard InChI is InChI=1S/C24H45BO8/c1-2-3-4-5-6-7-8-9-10-11-12-13-14-15-16-17-24(28)32-20-23(21-33-25(29)30)31-19-22(27)18-26/h6-7,9-10,22-23,26-27,29-30H,2-5,8,11-21H2,1H3/b7-6-,10-9-. The highest BCUT2D eigenvalue weighted by Crippen LogP contribution is 2.09. The number of unbranched alkanes of at least 4 members (excludes halogenated alkanes) is 8. The quantitative estimate of drug-likeness (QED) is 0.0774. The van der Waals surface area contributed by atoms with E-state index < -0.39 is 26.1 Å². The zero-order valence-electron chi connectivity index (χ0n) is 20.3. The van der Waals surface area contributed by atoms with Crippen LogP contribution >= 0.6 is 0 Å². The van der Waals surface area contributed by atoms with Crippen molar-refractivity contribution >= 4 is 13.3 Å². The van der Waals surface area contributed by atoms with E-state index in [2.05, 4.69) is 35.9 Å². The maximum atomic E-state index is 11.9. The maximum Gasteiger partial charge on any atom is 0.633 e. The second kappa shape index (κ2) is 23.9. The fourth-order valence-electron chi connectivity index (χ4n) is 2.98. The highest BCUT2D eigenvalue weighted by atomic mass is 16.6. The van der Waals surface area contributed by atoms with Crippen LogP contribution in [-0.2, 0) is 18.9 Å². The molecule has 0 saturated heterocycles. The number of hydrogen-bond acceptors (Lipinski definition) is 8. The fraction of sp³-hybridized carbons (Fsp3) is 0.792. The van der Waals surface area contributed by atoms with Crippen molar-refractivity contribution in [1.82, 2.24) is 0 Å². The Morgan fingerprint density at radius 3 is 2.15 bits per heavy atom. The van der Waals surface area contributed by atoms with Crippen LogP contribution < -0.4 is 0 Å². The summed E-state index contributed by atoms with van der Waals surface area (Å²) in [5.74, 6) is -0.360. The molecular weight excluding hydrogens is 427 g/mol. The number of esters is 1. The van der Waals surface area contributed by atoms with Crippen LogP contribution in [0.3, 0.4) is 0 Å². The third-order valence-electron chi connectivity index (χ3n) is 4.93. The molecule has 4 N–H and O–H groups in total. The van der Waals surface area contributed by atoms with E-state index in [1.54, 1.807) is 0 Å². The number of carbonyl (C=O) groups excluding carboxylic acids is 1. The summed E-state index contributed by atoms with van der Waals surface area (Å²) in [5, 5.41) is 35.7. The van der Waals surface area contributed by atoms with E-state index >= 15 is 0 Å². The highest BCUT2D eigenvalue weighted by Gasteiger charge is 2.18. The Labute approximate surface area is 199 Å². The Bertz CT molecular complexity index is 499. The van der Waals surface area contributed by atoms with Gasteiger partial charge in [-0.05, 0) is 38.5 Å². The molecule has 0 fully saturated rings. The summed E-state index contributed by atoms with van der Waals surface area (Å²) in [6.45, 7) is 1.20. The summed E-state index contributed by atoms with van der Waals surface area (Å²) in [6, 6.07) is 0. The molecule has 0 aliphatic carbocycles. The molecule has 0 amide bonds. The predicted molar refractivity (Wildman–Crippen MR) is 129 cm³/mol. The van der Waals surface area contributed by atoms with Crippen LogP contribution in [0.5, 0.6) is 0 Å². The maximum absolute atomic E-state index is 11.9. The van der Waals surface area contributed by atoms with Crippen molar-refractivity contribution in [3.05, 3.63) is 24.3 Å². The number of rotatable bonds is 23. The summed E-state index contributed by atoms with van der Waals surface area (Å²) in [4.78, 5) is 11.9. The number of allylic oxidation sites excluding steroid dienone is 4. The smallest absolute Gasteiger partial charge is 0.463 e. The van der Waals surface area contributed by atoms with E-state index in [0.717, 1.165) is 44.9 Å². The fourth-order valence-corrected chi connectivity index (χ4v) is 2.98. The summed E-state index contributed by atoms with van der Waals surface area (Å²) < 4.78 is 15.1. The third kappa shape index (κ3) is 23.7. The number of carbonyl (C=O) groups is 1. The Balaban J connectivity index is 3.73. The van der Waals surface area contributed by atoms with Gasteiger partial charge in [0.05, 0.1) is 19.8 Å². The van der Waals surface area contributed by atoms with Gasteiger partial charge in [0, 0.05) is 6.42 Å². The van der Waals surface area contributed by atoms with E-state index in [9.17, 15) is 9.90 Å². The molecule has 2 atom stereocenters. The number of aliphatic hydroxyl groups excluding tert-OH is 2. The average molecular weight is 472 g/mol. The molecule has 33 heavy (non-hydrogen) atoms. The van der Waals surface area contributed by atoms with Gasteiger partial charge in [0.2, 0.25) is 0 Å². The minimum Gasteiger partial charge on any atom is -0.463 e. The zero-order valence-corrected chi connectivity index (χ0v) is 20.3. The van der Waals surface area contributed by atoms with Gasteiger partial charge in [-0.15, -0.1) is 0 Å². The lowest BCUT2D eigenvalue weighted by Crippen LogP contribution is -2.34. The van der Waals surface area contributed by atoms with Gasteiger partial charge in [0.25, 0.3) is 0 Å². The van der Waals surface area contributed by atoms with Gasteiger partial charge < -0.3 is 34.4 Å². The summed E-state index contributed by atoms with van der Waals surface area (Å²) >= 11 is 0. The Morgan fingerprint density at radius 1 is 0.879 bits per heavy atom. The first-order chi connectivity index (χ1) is 16.0. The molecule has 9 heteroatoms. The lowest BCUT2D eigenvalue weighted by atomic mass is 10.1. The Morgan fingerprint density at radius 2 is 1.52 bits per heavy atom. The first-order valence-electron chi connectivity index (χ1n) is 12.3. The Hall–Kier alpha value is -1.23. The second-order valence-electron chi connectivity index (χ2n) is 8.12. The molecular formula is C24H45BO8. The van der Waals surface area contributed by atoms with Gasteiger partial charge >= 0.3 is 13.3 Å². The van der Waals surface area contributed by atoms with Gasteiger partial charge in [-0.3, -0.25) is 4.79 Å². The first-order valence-corrected chi connectivity index (χ1v) is 12.3. The summed E-state index contributed by atoms with van der Waals surface area (Å²) in [7, 11) is -1.97. The zero-order chi connectivity index (χ0) is 24.6. The van der Waals surface area contributed by atoms with Crippen LogP contribution in [0.25, 0.3) is 0 Å². The van der Waals surface area contributed by atoms with Crippen molar-refractivity contribution < 1.29 is 39.2 Å². The minimum absolute atomic E-state index is 0.135. The SMILES string of the molecule is CCCCC/C=C\C/C=C\CCCCCCCC(=O)OCC(COB(O)O)OCC(O)CO. The van der Waals surface area contributed by atoms with Crippen molar-refractivity contribution in [1.29, 1.82) is 0 Å². The van der Waals surface area contributed by atoms with Crippen LogP contribution in [0.15, 0.2) is 24.3 Å². The highest BCUT2D eigenvalue weighted by molar-refractivity contribution is 6.32. The van der Waals surface area contributed by atoms with Crippen molar-refractivity contribution in [3.8, 4) is 0 Å². The van der Waals surface area contributed by atoms with Crippen LogP contribution in [0, 0.1) is 0 Å². The number of hydrogen-bond donors (Lipinski definition) is 4. The molecule has 0 rings (SSSR count). The summed E-state index contributed by atoms with van der Waals surface area (Å²) in [6.07, 6.45) is 19.6. The van der Waals surface area contributed by atoms with Crippen LogP contribution in [0.2, 0.25) is 0 Å². The molecule has 0 spiro atoms. The van der Waals surface area contributed by atoms with Gasteiger partial charge in [-0.25, -0.2) is 0 Å². The van der Waals surface area contributed by atoms with Gasteiger partial charge in [-0.1, -0.05) is 63.3 Å². The van der Waals surface area contributed by atoms with Crippen LogP contribution in [0.4, 0.5) is 0 Å². The molecule has 192 valence electrons. The molecule has 0 aliphatic rings. The minimum atomic E-state index is -1.97. The second-order valence-corrected chi connectivity index (χ2v) is 8.12. The van der Waals surface area contributed by atoms with Crippen LogP contribution in [0.1, 0.15) is 84.0 Å². The van der Waals surface area contributed by atoms with E-state index in [1.807, 2.05) is 0 Å². The summed E-state index contributed by atoms with van der Waals surface area (Å²) in [5.41, 5.74) is 0. The first kappa shape index (κ1) is 31.8. The van der Waals surface area contributed by atoms with Crippen LogP contribution in [-0.4, -0.2) is 72.2 Å². The number of aliphatic hydroxyl groups is 2. The van der Waals surface area contributed by atoms with E-state index in [0.29, 0.717) is 6.42 Å². The van der Waals surface area contributed by atoms with Crippen molar-refractivity contribution in [2.75, 3.05) is 26.4 Å². The van der Waals surface area contributed by atoms with Crippen molar-refractivity contribution in [3.63, 3.8) is 0 Å². The van der Waals surface area contributed by atoms with E-state index in [1.165, 1.54) is 25.7 Å². The molecule has 8 nitrogen and oxygen atoms in total. The van der Waals surface area contributed by atoms with E-state index in [-0.39, 0.29) is 25.8 Å². The molecule has 0 aliphatic heterocycles. The molecule has 0 bridgehead atoms. The third-order valence-corrected chi connectivity index (χ3v) is 4.93. The lowest BCUT2D eigenvalue weighted by Gasteiger charge is -2.19. The Kier molecular flexibility index (Phi) is 23.0. The molecule has 0 aromatic rings. The van der Waals surface area contributed by atoms with Crippen molar-refractivity contribution in [2.45, 2.75) is 96.2 Å². The molecule has 0 saturated carbocycles. The molecule has 2 unspecified atom stereocenters. The molecule has 0 heterocycles. The van der Waals surface area contributed by atoms with Gasteiger partial charge in [0.15, 0.2) is 0 Å². The molecule has 0 radical (unpaired) electrons. The van der Waals surface area contributed by atoms with E-state index in [4.69, 9.17) is 24.6 Å². The normalized spacial score (nSPS) is 13.6. The largest absolute Gasteiger partial charge is 0.633 e. The topological polar surface area (TPSA) is 126 Å². The monoisotopic (exact) mass is 472 g/mol. The van der Waals surface area contributed by atoms with Gasteiger partial charge in [0.1, 0.15) is 18.8 Å². The van der Waals surface area contributed by atoms with Crippen molar-refractivity contribution in [2.24, 2.45) is 0 Å². The predicted octanol–water partition coefficient (Wildman–Crippen LogP) is 3.07. The molecule has 0 aromatic heterocycles. The number of ether oxygens (including phenoxy) is 2. The lowest BCUT2D eigenvalue weighted by molar-refractivity contribution is -0.150. The van der Waals surface area contributed by atoms with Gasteiger partial charge in [-0.2, -0.15) is 0 Å². The average Bonchev–Trinajstić information content (AvgIpc) is 2.80.